The third-order valence-electron chi connectivity index (χ3n) is 1.87. The molecule has 0 fully saturated rings. The van der Waals surface area contributed by atoms with Crippen LogP contribution in [0.4, 0.5) is 0 Å². The molecule has 0 atom stereocenters. The van der Waals surface area contributed by atoms with Gasteiger partial charge in [-0.3, -0.25) is 4.98 Å². The average Bonchev–Trinajstić information content (AvgIpc) is 2.34. The number of hydrogen-bond donors (Lipinski definition) is 0. The predicted octanol–water partition coefficient (Wildman–Crippen LogP) is 3.00. The molecule has 0 spiro atoms. The van der Waals surface area contributed by atoms with E-state index in [1.807, 2.05) is 0 Å². The van der Waals surface area contributed by atoms with Gasteiger partial charge in [0.2, 0.25) is 0 Å². The van der Waals surface area contributed by atoms with Crippen molar-refractivity contribution in [2.45, 2.75) is 0 Å². The topological polar surface area (TPSA) is 52.1 Å². The summed E-state index contributed by atoms with van der Waals surface area (Å²) in [6.45, 7) is 0. The first-order valence-corrected chi connectivity index (χ1v) is 5.35. The van der Waals surface area contributed by atoms with Crippen LogP contribution in [0.25, 0.3) is 0 Å². The van der Waals surface area contributed by atoms with Crippen LogP contribution in [0.3, 0.4) is 0 Å². The fraction of sp³-hybridized carbons (Fsp3) is 0. The monoisotopic (exact) mass is 268 g/mol. The van der Waals surface area contributed by atoms with Crippen LogP contribution in [0.2, 0.25) is 10.0 Å². The Morgan fingerprint density at radius 2 is 2.06 bits per heavy atom. The summed E-state index contributed by atoms with van der Waals surface area (Å²) in [5, 5.41) is 0.726. The number of rotatable bonds is 2. The van der Waals surface area contributed by atoms with Gasteiger partial charge in [0, 0.05) is 17.4 Å². The van der Waals surface area contributed by atoms with E-state index < -0.39 is 5.97 Å². The summed E-state index contributed by atoms with van der Waals surface area (Å²) in [4.78, 5) is 19.2. The number of ether oxygens (including phenoxy) is 1. The number of hydrogen-bond acceptors (Lipinski definition) is 4. The Hall–Kier alpha value is -1.65. The van der Waals surface area contributed by atoms with Crippen molar-refractivity contribution < 1.29 is 9.53 Å². The molecule has 4 nitrogen and oxygen atoms in total. The van der Waals surface area contributed by atoms with Crippen molar-refractivity contribution in [2.24, 2.45) is 0 Å². The van der Waals surface area contributed by atoms with E-state index >= 15 is 0 Å². The van der Waals surface area contributed by atoms with Gasteiger partial charge in [-0.2, -0.15) is 0 Å². The molecule has 0 bridgehead atoms. The number of halogens is 2. The number of carbonyl (C=O) groups excluding carboxylic acids is 1. The summed E-state index contributed by atoms with van der Waals surface area (Å²) < 4.78 is 5.05. The van der Waals surface area contributed by atoms with E-state index in [1.165, 1.54) is 30.7 Å². The third kappa shape index (κ3) is 2.93. The molecule has 1 aromatic heterocycles. The standard InChI is InChI=1S/C11H6Cl2N2O2/c12-7-1-2-10(8(13)5-7)17-11(16)9-6-14-3-4-15-9/h1-6H. The molecule has 2 aromatic rings. The zero-order valence-electron chi connectivity index (χ0n) is 8.43. The molecule has 0 aliphatic heterocycles. The summed E-state index contributed by atoms with van der Waals surface area (Å²) in [5.74, 6) is -0.394. The lowest BCUT2D eigenvalue weighted by Crippen LogP contribution is -2.10. The first-order valence-electron chi connectivity index (χ1n) is 4.60. The largest absolute Gasteiger partial charge is 0.420 e. The van der Waals surface area contributed by atoms with Crippen molar-refractivity contribution in [3.05, 3.63) is 52.5 Å². The minimum Gasteiger partial charge on any atom is -0.420 e. The van der Waals surface area contributed by atoms with Crippen LogP contribution < -0.4 is 4.74 Å². The molecule has 0 aliphatic carbocycles. The normalized spacial score (nSPS) is 10.0. The molecule has 0 radical (unpaired) electrons. The minimum absolute atomic E-state index is 0.110. The number of esters is 1. The lowest BCUT2D eigenvalue weighted by molar-refractivity contribution is 0.0728. The summed E-state index contributed by atoms with van der Waals surface area (Å²) >= 11 is 11.6. The van der Waals surface area contributed by atoms with Gasteiger partial charge in [-0.25, -0.2) is 9.78 Å². The summed E-state index contributed by atoms with van der Waals surface area (Å²) in [6.07, 6.45) is 4.18. The van der Waals surface area contributed by atoms with Gasteiger partial charge in [0.25, 0.3) is 0 Å². The van der Waals surface area contributed by atoms with Crippen molar-refractivity contribution in [1.29, 1.82) is 0 Å². The van der Waals surface area contributed by atoms with Gasteiger partial charge < -0.3 is 4.74 Å². The van der Waals surface area contributed by atoms with Gasteiger partial charge >= 0.3 is 5.97 Å². The number of nitrogens with zero attached hydrogens (tertiary/aromatic N) is 2. The van der Waals surface area contributed by atoms with Gasteiger partial charge in [0.15, 0.2) is 5.69 Å². The van der Waals surface area contributed by atoms with E-state index in [0.717, 1.165) is 0 Å². The minimum atomic E-state index is -0.623. The molecule has 1 heterocycles. The van der Waals surface area contributed by atoms with E-state index in [0.29, 0.717) is 5.02 Å². The van der Waals surface area contributed by atoms with Crippen LogP contribution >= 0.6 is 23.2 Å². The average molecular weight is 269 g/mol. The summed E-state index contributed by atoms with van der Waals surface area (Å²) in [6, 6.07) is 4.58. The number of aromatic nitrogens is 2. The maximum absolute atomic E-state index is 11.6. The second-order valence-electron chi connectivity index (χ2n) is 3.05. The Bertz CT molecular complexity index is 546. The van der Waals surface area contributed by atoms with Gasteiger partial charge in [-0.15, -0.1) is 0 Å². The first kappa shape index (κ1) is 11.8. The van der Waals surface area contributed by atoms with Crippen molar-refractivity contribution >= 4 is 29.2 Å². The summed E-state index contributed by atoms with van der Waals surface area (Å²) in [5.41, 5.74) is 0.110. The maximum Gasteiger partial charge on any atom is 0.363 e. The molecular formula is C11H6Cl2N2O2. The number of carbonyl (C=O) groups is 1. The molecule has 1 aromatic carbocycles. The first-order chi connectivity index (χ1) is 8.16. The fourth-order valence-corrected chi connectivity index (χ4v) is 1.56. The molecular weight excluding hydrogens is 263 g/mol. The van der Waals surface area contributed by atoms with E-state index in [4.69, 9.17) is 27.9 Å². The van der Waals surface area contributed by atoms with Gasteiger partial charge in [-0.1, -0.05) is 23.2 Å². The van der Waals surface area contributed by atoms with E-state index in [2.05, 4.69) is 9.97 Å². The molecule has 0 N–H and O–H groups in total. The molecule has 0 saturated heterocycles. The number of benzene rings is 1. The van der Waals surface area contributed by atoms with Crippen molar-refractivity contribution in [1.82, 2.24) is 9.97 Å². The predicted molar refractivity (Wildman–Crippen MR) is 63.5 cm³/mol. The molecule has 0 amide bonds. The maximum atomic E-state index is 11.6. The zero-order valence-corrected chi connectivity index (χ0v) is 9.94. The van der Waals surface area contributed by atoms with Crippen molar-refractivity contribution in [3.8, 4) is 5.75 Å². The summed E-state index contributed by atoms with van der Waals surface area (Å²) in [7, 11) is 0. The Kier molecular flexibility index (Phi) is 3.56. The second-order valence-corrected chi connectivity index (χ2v) is 3.90. The smallest absolute Gasteiger partial charge is 0.363 e. The van der Waals surface area contributed by atoms with Crippen LogP contribution in [-0.2, 0) is 0 Å². The van der Waals surface area contributed by atoms with Crippen molar-refractivity contribution in [3.63, 3.8) is 0 Å². The second kappa shape index (κ2) is 5.12. The molecule has 2 rings (SSSR count). The van der Waals surface area contributed by atoms with Gasteiger partial charge in [0.05, 0.1) is 11.2 Å². The van der Waals surface area contributed by atoms with E-state index in [9.17, 15) is 4.79 Å². The highest BCUT2D eigenvalue weighted by Crippen LogP contribution is 2.27. The Balaban J connectivity index is 2.19. The Labute approximate surface area is 107 Å². The van der Waals surface area contributed by atoms with Crippen LogP contribution in [0, 0.1) is 0 Å². The van der Waals surface area contributed by atoms with E-state index in [-0.39, 0.29) is 16.5 Å². The third-order valence-corrected chi connectivity index (χ3v) is 2.40. The highest BCUT2D eigenvalue weighted by Gasteiger charge is 2.12. The van der Waals surface area contributed by atoms with Crippen molar-refractivity contribution in [2.75, 3.05) is 0 Å². The Morgan fingerprint density at radius 3 is 2.71 bits per heavy atom. The van der Waals surface area contributed by atoms with Crippen LogP contribution in [0.15, 0.2) is 36.8 Å². The fourth-order valence-electron chi connectivity index (χ4n) is 1.11. The Morgan fingerprint density at radius 1 is 1.24 bits per heavy atom. The van der Waals surface area contributed by atoms with Crippen LogP contribution in [-0.4, -0.2) is 15.9 Å². The SMILES string of the molecule is O=C(Oc1ccc(Cl)cc1Cl)c1cnccn1. The van der Waals surface area contributed by atoms with Crippen LogP contribution in [0.1, 0.15) is 10.5 Å². The molecule has 0 aliphatic rings. The quantitative estimate of drug-likeness (QED) is 0.621. The lowest BCUT2D eigenvalue weighted by Gasteiger charge is -2.05. The zero-order chi connectivity index (χ0) is 12.3. The lowest BCUT2D eigenvalue weighted by atomic mass is 10.3. The molecule has 17 heavy (non-hydrogen) atoms. The van der Waals surface area contributed by atoms with Gasteiger partial charge in [0.1, 0.15) is 5.75 Å². The molecule has 0 unspecified atom stereocenters. The molecule has 6 heteroatoms. The highest BCUT2D eigenvalue weighted by molar-refractivity contribution is 6.35. The van der Waals surface area contributed by atoms with Crippen LogP contribution in [0.5, 0.6) is 5.75 Å². The van der Waals surface area contributed by atoms with Gasteiger partial charge in [-0.05, 0) is 18.2 Å². The molecule has 0 saturated carbocycles. The highest BCUT2D eigenvalue weighted by atomic mass is 35.5. The van der Waals surface area contributed by atoms with E-state index in [1.54, 1.807) is 6.07 Å². The molecule has 86 valence electrons.